The van der Waals surface area contributed by atoms with Gasteiger partial charge in [-0.2, -0.15) is 0 Å². The highest BCUT2D eigenvalue weighted by atomic mass is 32.2. The van der Waals surface area contributed by atoms with Crippen LogP contribution in [-0.2, 0) is 11.8 Å². The monoisotopic (exact) mass is 416 g/mol. The molecular weight excluding hydrogens is 392 g/mol. The fraction of sp³-hybridized carbons (Fsp3) is 0.350. The fourth-order valence-corrected chi connectivity index (χ4v) is 3.68. The van der Waals surface area contributed by atoms with Crippen LogP contribution in [0.5, 0.6) is 11.5 Å². The van der Waals surface area contributed by atoms with Gasteiger partial charge in [0.1, 0.15) is 17.3 Å². The summed E-state index contributed by atoms with van der Waals surface area (Å²) in [6.45, 7) is 3.78. The number of thioether (sulfide) groups is 1. The van der Waals surface area contributed by atoms with Crippen LogP contribution >= 0.6 is 11.8 Å². The zero-order valence-electron chi connectivity index (χ0n) is 17.1. The lowest BCUT2D eigenvalue weighted by Gasteiger charge is -2.18. The number of nitrogens with zero attached hydrogens (tertiary/aromatic N) is 3. The molecule has 3 rings (SSSR count). The van der Waals surface area contributed by atoms with Crippen molar-refractivity contribution in [3.63, 3.8) is 0 Å². The molecular formula is C20H24N4O4S. The molecule has 1 atom stereocenters. The molecule has 2 heterocycles. The molecule has 0 aliphatic heterocycles. The van der Waals surface area contributed by atoms with E-state index in [2.05, 4.69) is 15.5 Å². The maximum Gasteiger partial charge on any atom is 0.230 e. The van der Waals surface area contributed by atoms with E-state index in [1.54, 1.807) is 20.5 Å². The topological polar surface area (TPSA) is 91.4 Å². The lowest BCUT2D eigenvalue weighted by molar-refractivity contribution is -0.119. The van der Waals surface area contributed by atoms with E-state index in [1.165, 1.54) is 11.8 Å². The summed E-state index contributed by atoms with van der Waals surface area (Å²) in [4.78, 5) is 12.5. The van der Waals surface area contributed by atoms with Gasteiger partial charge in [-0.3, -0.25) is 4.79 Å². The normalized spacial score (nSPS) is 11.9. The van der Waals surface area contributed by atoms with Crippen LogP contribution in [0, 0.1) is 6.92 Å². The maximum absolute atomic E-state index is 12.5. The number of furan rings is 1. The van der Waals surface area contributed by atoms with Crippen LogP contribution in [-0.4, -0.2) is 40.6 Å². The summed E-state index contributed by atoms with van der Waals surface area (Å²) in [5.74, 6) is 2.98. The summed E-state index contributed by atoms with van der Waals surface area (Å²) < 4.78 is 17.9. The number of aryl methyl sites for hydroxylation is 1. The first kappa shape index (κ1) is 20.8. The SMILES string of the molecule is COc1ccc(OC)c([C@H](C)NC(=O)CSc2nnc(-c3ccoc3C)n2C)c1. The Labute approximate surface area is 173 Å². The molecule has 9 heteroatoms. The van der Waals surface area contributed by atoms with Gasteiger partial charge in [0.15, 0.2) is 11.0 Å². The van der Waals surface area contributed by atoms with Crippen LogP contribution in [0.25, 0.3) is 11.4 Å². The van der Waals surface area contributed by atoms with Crippen LogP contribution in [0.3, 0.4) is 0 Å². The predicted octanol–water partition coefficient (Wildman–Crippen LogP) is 3.37. The van der Waals surface area contributed by atoms with Crippen molar-refractivity contribution in [2.24, 2.45) is 7.05 Å². The number of hydrogen-bond acceptors (Lipinski definition) is 7. The van der Waals surface area contributed by atoms with Crippen LogP contribution in [0.15, 0.2) is 40.1 Å². The molecule has 1 amide bonds. The number of hydrogen-bond donors (Lipinski definition) is 1. The minimum atomic E-state index is -0.239. The average Bonchev–Trinajstić information content (AvgIpc) is 3.30. The van der Waals surface area contributed by atoms with Gasteiger partial charge >= 0.3 is 0 Å². The Kier molecular flexibility index (Phi) is 6.48. The van der Waals surface area contributed by atoms with Crippen molar-refractivity contribution in [2.75, 3.05) is 20.0 Å². The molecule has 2 aromatic heterocycles. The van der Waals surface area contributed by atoms with E-state index in [0.29, 0.717) is 22.5 Å². The largest absolute Gasteiger partial charge is 0.497 e. The van der Waals surface area contributed by atoms with Crippen LogP contribution in [0.4, 0.5) is 0 Å². The molecule has 3 aromatic rings. The van der Waals surface area contributed by atoms with E-state index in [9.17, 15) is 4.79 Å². The summed E-state index contributed by atoms with van der Waals surface area (Å²) in [5.41, 5.74) is 1.73. The van der Waals surface area contributed by atoms with E-state index in [1.807, 2.05) is 49.7 Å². The van der Waals surface area contributed by atoms with E-state index in [0.717, 1.165) is 16.9 Å². The van der Waals surface area contributed by atoms with Gasteiger partial charge in [0.2, 0.25) is 5.91 Å². The molecule has 0 bridgehead atoms. The second-order valence-corrected chi connectivity index (χ2v) is 7.38. The second-order valence-electron chi connectivity index (χ2n) is 6.44. The van der Waals surface area contributed by atoms with Gasteiger partial charge in [0.05, 0.1) is 37.8 Å². The van der Waals surface area contributed by atoms with Gasteiger partial charge < -0.3 is 23.8 Å². The molecule has 1 N–H and O–H groups in total. The maximum atomic E-state index is 12.5. The van der Waals surface area contributed by atoms with Crippen LogP contribution in [0.1, 0.15) is 24.3 Å². The first-order chi connectivity index (χ1) is 13.9. The van der Waals surface area contributed by atoms with Crippen molar-refractivity contribution in [1.82, 2.24) is 20.1 Å². The zero-order chi connectivity index (χ0) is 21.0. The van der Waals surface area contributed by atoms with E-state index < -0.39 is 0 Å². The average molecular weight is 417 g/mol. The van der Waals surface area contributed by atoms with Crippen molar-refractivity contribution >= 4 is 17.7 Å². The number of nitrogens with one attached hydrogen (secondary N) is 1. The molecule has 0 aliphatic rings. The van der Waals surface area contributed by atoms with Gasteiger partial charge in [-0.15, -0.1) is 10.2 Å². The molecule has 1 aromatic carbocycles. The zero-order valence-corrected chi connectivity index (χ0v) is 17.9. The molecule has 0 unspecified atom stereocenters. The van der Waals surface area contributed by atoms with Gasteiger partial charge in [-0.25, -0.2) is 0 Å². The number of amides is 1. The minimum Gasteiger partial charge on any atom is -0.497 e. The third-order valence-electron chi connectivity index (χ3n) is 4.55. The molecule has 0 radical (unpaired) electrons. The first-order valence-electron chi connectivity index (χ1n) is 9.02. The summed E-state index contributed by atoms with van der Waals surface area (Å²) in [6, 6.07) is 7.12. The molecule has 29 heavy (non-hydrogen) atoms. The number of carbonyl (C=O) groups excluding carboxylic acids is 1. The second kappa shape index (κ2) is 9.04. The molecule has 0 fully saturated rings. The number of carbonyl (C=O) groups is 1. The van der Waals surface area contributed by atoms with Gasteiger partial charge in [0.25, 0.3) is 0 Å². The molecule has 154 valence electrons. The number of rotatable bonds is 8. The highest BCUT2D eigenvalue weighted by molar-refractivity contribution is 7.99. The lowest BCUT2D eigenvalue weighted by atomic mass is 10.1. The summed E-state index contributed by atoms with van der Waals surface area (Å²) in [7, 11) is 5.07. The number of ether oxygens (including phenoxy) is 2. The Bertz CT molecular complexity index is 998. The molecule has 0 saturated carbocycles. The predicted molar refractivity (Wildman–Crippen MR) is 110 cm³/mol. The summed E-state index contributed by atoms with van der Waals surface area (Å²) in [5, 5.41) is 12.0. The van der Waals surface area contributed by atoms with Crippen LogP contribution in [0.2, 0.25) is 0 Å². The van der Waals surface area contributed by atoms with Crippen LogP contribution < -0.4 is 14.8 Å². The van der Waals surface area contributed by atoms with Crippen molar-refractivity contribution < 1.29 is 18.7 Å². The van der Waals surface area contributed by atoms with Crippen molar-refractivity contribution in [3.8, 4) is 22.9 Å². The quantitative estimate of drug-likeness (QED) is 0.563. The van der Waals surface area contributed by atoms with E-state index in [-0.39, 0.29) is 17.7 Å². The molecule has 0 aliphatic carbocycles. The van der Waals surface area contributed by atoms with E-state index in [4.69, 9.17) is 13.9 Å². The molecule has 0 spiro atoms. The third kappa shape index (κ3) is 4.56. The smallest absolute Gasteiger partial charge is 0.230 e. The lowest BCUT2D eigenvalue weighted by Crippen LogP contribution is -2.28. The summed E-state index contributed by atoms with van der Waals surface area (Å²) >= 11 is 1.32. The Balaban J connectivity index is 1.64. The fourth-order valence-electron chi connectivity index (χ4n) is 2.96. The highest BCUT2D eigenvalue weighted by Gasteiger charge is 2.18. The Morgan fingerprint density at radius 1 is 1.28 bits per heavy atom. The van der Waals surface area contributed by atoms with Gasteiger partial charge in [-0.1, -0.05) is 11.8 Å². The van der Waals surface area contributed by atoms with Crippen molar-refractivity contribution in [2.45, 2.75) is 25.0 Å². The van der Waals surface area contributed by atoms with Gasteiger partial charge in [-0.05, 0) is 38.1 Å². The number of aromatic nitrogens is 3. The minimum absolute atomic E-state index is 0.114. The van der Waals surface area contributed by atoms with E-state index >= 15 is 0 Å². The standard InChI is InChI=1S/C20H24N4O4S/c1-12(16-10-14(26-4)6-7-17(16)27-5)21-18(25)11-29-20-23-22-19(24(20)3)15-8-9-28-13(15)2/h6-10,12H,11H2,1-5H3,(H,21,25)/t12-/m0/s1. The Hall–Kier alpha value is -2.94. The summed E-state index contributed by atoms with van der Waals surface area (Å²) in [6.07, 6.45) is 1.62. The number of benzene rings is 1. The molecule has 8 nitrogen and oxygen atoms in total. The van der Waals surface area contributed by atoms with Crippen molar-refractivity contribution in [1.29, 1.82) is 0 Å². The Morgan fingerprint density at radius 3 is 2.72 bits per heavy atom. The highest BCUT2D eigenvalue weighted by Crippen LogP contribution is 2.30. The van der Waals surface area contributed by atoms with Crippen molar-refractivity contribution in [3.05, 3.63) is 41.9 Å². The third-order valence-corrected chi connectivity index (χ3v) is 5.57. The first-order valence-corrected chi connectivity index (χ1v) is 10.0. The Morgan fingerprint density at radius 2 is 2.07 bits per heavy atom. The number of methoxy groups -OCH3 is 2. The van der Waals surface area contributed by atoms with Gasteiger partial charge in [0, 0.05) is 12.6 Å². The molecule has 0 saturated heterocycles.